The molecule has 0 atom stereocenters. The molecule has 3 rings (SSSR count). The zero-order valence-electron chi connectivity index (χ0n) is 9.67. The van der Waals surface area contributed by atoms with Gasteiger partial charge in [-0.05, 0) is 30.3 Å². The van der Waals surface area contributed by atoms with Gasteiger partial charge in [0.05, 0.1) is 11.0 Å². The fourth-order valence-corrected chi connectivity index (χ4v) is 1.69. The highest BCUT2D eigenvalue weighted by Crippen LogP contribution is 2.09. The zero-order chi connectivity index (χ0) is 12.2. The van der Waals surface area contributed by atoms with Crippen LogP contribution in [0, 0.1) is 11.8 Å². The van der Waals surface area contributed by atoms with Crippen LogP contribution in [0.3, 0.4) is 0 Å². The number of hydrogen-bond donors (Lipinski definition) is 0. The molecule has 2 heterocycles. The van der Waals surface area contributed by atoms with Gasteiger partial charge in [-0.25, -0.2) is 0 Å². The van der Waals surface area contributed by atoms with Gasteiger partial charge in [-0.1, -0.05) is 30.0 Å². The summed E-state index contributed by atoms with van der Waals surface area (Å²) in [4.78, 5) is 8.60. The molecule has 3 aromatic rings. The van der Waals surface area contributed by atoms with Crippen LogP contribution in [0.2, 0.25) is 0 Å². The molecule has 2 aromatic heterocycles. The average Bonchev–Trinajstić information content (AvgIpc) is 2.46. The largest absolute Gasteiger partial charge is 0.255 e. The molecule has 2 heteroatoms. The van der Waals surface area contributed by atoms with Crippen molar-refractivity contribution in [2.75, 3.05) is 0 Å². The monoisotopic (exact) mass is 230 g/mol. The highest BCUT2D eigenvalue weighted by atomic mass is 14.7. The summed E-state index contributed by atoms with van der Waals surface area (Å²) in [5.41, 5.74) is 3.64. The summed E-state index contributed by atoms with van der Waals surface area (Å²) in [7, 11) is 0. The average molecular weight is 230 g/mol. The van der Waals surface area contributed by atoms with Gasteiger partial charge in [0, 0.05) is 23.5 Å². The fraction of sp³-hybridized carbons (Fsp3) is 0. The molecule has 0 radical (unpaired) electrons. The number of nitrogens with zero attached hydrogens (tertiary/aromatic N) is 2. The Morgan fingerprint density at radius 1 is 0.722 bits per heavy atom. The minimum Gasteiger partial charge on any atom is -0.255 e. The van der Waals surface area contributed by atoms with Gasteiger partial charge >= 0.3 is 0 Å². The molecule has 0 fully saturated rings. The maximum atomic E-state index is 4.33. The summed E-state index contributed by atoms with van der Waals surface area (Å²) in [5.74, 6) is 6.21. The van der Waals surface area contributed by atoms with E-state index in [1.54, 1.807) is 12.4 Å². The van der Waals surface area contributed by atoms with Crippen LogP contribution >= 0.6 is 0 Å². The highest BCUT2D eigenvalue weighted by Gasteiger charge is 1.95. The lowest BCUT2D eigenvalue weighted by atomic mass is 10.2. The normalized spacial score (nSPS) is 9.78. The van der Waals surface area contributed by atoms with E-state index in [0.717, 1.165) is 22.2 Å². The third-order valence-electron chi connectivity index (χ3n) is 2.58. The lowest BCUT2D eigenvalue weighted by Gasteiger charge is -1.95. The van der Waals surface area contributed by atoms with E-state index in [1.165, 1.54) is 0 Å². The maximum absolute atomic E-state index is 4.33. The Bertz CT molecular complexity index is 737. The number of pyridine rings is 2. The first-order chi connectivity index (χ1) is 8.92. The van der Waals surface area contributed by atoms with E-state index in [9.17, 15) is 0 Å². The molecular formula is C16H10N2. The van der Waals surface area contributed by atoms with Gasteiger partial charge < -0.3 is 0 Å². The summed E-state index contributed by atoms with van der Waals surface area (Å²) in [6.45, 7) is 0. The summed E-state index contributed by atoms with van der Waals surface area (Å²) >= 11 is 0. The van der Waals surface area contributed by atoms with E-state index >= 15 is 0 Å². The summed E-state index contributed by atoms with van der Waals surface area (Å²) in [5, 5.41) is 0. The molecule has 0 aliphatic carbocycles. The molecule has 0 unspecified atom stereocenters. The fourth-order valence-electron chi connectivity index (χ4n) is 1.69. The first-order valence-corrected chi connectivity index (χ1v) is 5.70. The maximum Gasteiger partial charge on any atom is 0.0899 e. The van der Waals surface area contributed by atoms with E-state index in [-0.39, 0.29) is 0 Å². The van der Waals surface area contributed by atoms with Gasteiger partial charge in [-0.3, -0.25) is 9.97 Å². The van der Waals surface area contributed by atoms with Gasteiger partial charge in [0.2, 0.25) is 0 Å². The summed E-state index contributed by atoms with van der Waals surface area (Å²) in [6.07, 6.45) is 3.54. The number of fused-ring (bicyclic) bond motifs is 1. The van der Waals surface area contributed by atoms with Gasteiger partial charge in [0.15, 0.2) is 0 Å². The molecule has 0 aliphatic heterocycles. The molecule has 1 aromatic carbocycles. The molecular weight excluding hydrogens is 220 g/mol. The van der Waals surface area contributed by atoms with E-state index in [4.69, 9.17) is 0 Å². The third-order valence-corrected chi connectivity index (χ3v) is 2.58. The lowest BCUT2D eigenvalue weighted by Crippen LogP contribution is -1.84. The van der Waals surface area contributed by atoms with Crippen LogP contribution in [0.1, 0.15) is 11.1 Å². The number of hydrogen-bond acceptors (Lipinski definition) is 2. The predicted octanol–water partition coefficient (Wildman–Crippen LogP) is 3.03. The Morgan fingerprint density at radius 3 is 2.44 bits per heavy atom. The van der Waals surface area contributed by atoms with Crippen molar-refractivity contribution in [1.82, 2.24) is 9.97 Å². The van der Waals surface area contributed by atoms with Crippen LogP contribution in [0.15, 0.2) is 60.9 Å². The van der Waals surface area contributed by atoms with Gasteiger partial charge in [0.25, 0.3) is 0 Å². The van der Waals surface area contributed by atoms with Crippen LogP contribution in [-0.4, -0.2) is 9.97 Å². The van der Waals surface area contributed by atoms with Crippen molar-refractivity contribution in [3.63, 3.8) is 0 Å². The Morgan fingerprint density at radius 2 is 1.56 bits per heavy atom. The van der Waals surface area contributed by atoms with E-state index < -0.39 is 0 Å². The van der Waals surface area contributed by atoms with Crippen molar-refractivity contribution in [2.24, 2.45) is 0 Å². The van der Waals surface area contributed by atoms with Gasteiger partial charge in [-0.2, -0.15) is 0 Å². The first-order valence-electron chi connectivity index (χ1n) is 5.70. The number of aromatic nitrogens is 2. The van der Waals surface area contributed by atoms with E-state index in [2.05, 4.69) is 21.8 Å². The van der Waals surface area contributed by atoms with E-state index in [0.29, 0.717) is 0 Å². The molecule has 84 valence electrons. The first kappa shape index (κ1) is 10.5. The molecule has 0 N–H and O–H groups in total. The van der Waals surface area contributed by atoms with E-state index in [1.807, 2.05) is 48.5 Å². The second-order valence-electron chi connectivity index (χ2n) is 3.88. The minimum absolute atomic E-state index is 0.873. The van der Waals surface area contributed by atoms with Crippen molar-refractivity contribution < 1.29 is 0 Å². The summed E-state index contributed by atoms with van der Waals surface area (Å²) < 4.78 is 0. The Hall–Kier alpha value is -2.66. The topological polar surface area (TPSA) is 25.8 Å². The van der Waals surface area contributed by atoms with Crippen LogP contribution in [0.5, 0.6) is 0 Å². The van der Waals surface area contributed by atoms with Gasteiger partial charge in [-0.15, -0.1) is 0 Å². The molecule has 0 saturated carbocycles. The molecule has 0 aliphatic rings. The smallest absolute Gasteiger partial charge is 0.0899 e. The lowest BCUT2D eigenvalue weighted by molar-refractivity contribution is 1.33. The highest BCUT2D eigenvalue weighted by molar-refractivity contribution is 5.74. The Labute approximate surface area is 105 Å². The SMILES string of the molecule is C(#Cc1cnc2cccnc2c1)c1ccccc1. The van der Waals surface area contributed by atoms with Crippen molar-refractivity contribution >= 4 is 11.0 Å². The predicted molar refractivity (Wildman–Crippen MR) is 72.0 cm³/mol. The Balaban J connectivity index is 1.99. The summed E-state index contributed by atoms with van der Waals surface area (Å²) in [6, 6.07) is 15.7. The van der Waals surface area contributed by atoms with Crippen LogP contribution in [0.25, 0.3) is 11.0 Å². The second kappa shape index (κ2) is 4.68. The molecule has 0 saturated heterocycles. The van der Waals surface area contributed by atoms with Gasteiger partial charge in [0.1, 0.15) is 0 Å². The van der Waals surface area contributed by atoms with Crippen molar-refractivity contribution in [3.05, 3.63) is 72.1 Å². The molecule has 0 bridgehead atoms. The van der Waals surface area contributed by atoms with Crippen LogP contribution in [-0.2, 0) is 0 Å². The van der Waals surface area contributed by atoms with Crippen molar-refractivity contribution in [3.8, 4) is 11.8 Å². The standard InChI is InChI=1S/C16H10N2/c1-2-5-13(6-3-1)8-9-14-11-16-15(18-12-14)7-4-10-17-16/h1-7,10-12H. The minimum atomic E-state index is 0.873. The third kappa shape index (κ3) is 2.21. The van der Waals surface area contributed by atoms with Crippen LogP contribution in [0.4, 0.5) is 0 Å². The molecule has 18 heavy (non-hydrogen) atoms. The van der Waals surface area contributed by atoms with Crippen molar-refractivity contribution in [2.45, 2.75) is 0 Å². The second-order valence-corrected chi connectivity index (χ2v) is 3.88. The molecule has 0 spiro atoms. The number of rotatable bonds is 0. The Kier molecular flexibility index (Phi) is 2.73. The number of benzene rings is 1. The quantitative estimate of drug-likeness (QED) is 0.555. The zero-order valence-corrected chi connectivity index (χ0v) is 9.67. The van der Waals surface area contributed by atoms with Crippen LogP contribution < -0.4 is 0 Å². The molecule has 2 nitrogen and oxygen atoms in total. The molecule has 0 amide bonds. The van der Waals surface area contributed by atoms with Crippen molar-refractivity contribution in [1.29, 1.82) is 0 Å².